The lowest BCUT2D eigenvalue weighted by atomic mass is 10.4. The number of hydrogen-bond acceptors (Lipinski definition) is 3. The molecule has 0 aromatic carbocycles. The van der Waals surface area contributed by atoms with E-state index in [1.54, 1.807) is 6.20 Å². The molecule has 1 rings (SSSR count). The van der Waals surface area contributed by atoms with E-state index in [4.69, 9.17) is 0 Å². The van der Waals surface area contributed by atoms with Gasteiger partial charge in [-0.15, -0.1) is 24.8 Å². The van der Waals surface area contributed by atoms with Crippen molar-refractivity contribution in [2.75, 3.05) is 6.54 Å². The predicted molar refractivity (Wildman–Crippen MR) is 58.6 cm³/mol. The van der Waals surface area contributed by atoms with Crippen molar-refractivity contribution >= 4 is 24.8 Å². The molecule has 1 aromatic rings. The summed E-state index contributed by atoms with van der Waals surface area (Å²) >= 11 is 0. The molecule has 1 aromatic heterocycles. The molecule has 0 aliphatic rings. The van der Waals surface area contributed by atoms with E-state index >= 15 is 0 Å². The highest BCUT2D eigenvalue weighted by atomic mass is 35.5. The van der Waals surface area contributed by atoms with E-state index in [1.807, 2.05) is 13.0 Å². The first-order valence-corrected chi connectivity index (χ1v) is 3.82. The number of nitrogens with one attached hydrogen (secondary N) is 1. The number of aromatic nitrogens is 2. The zero-order chi connectivity index (χ0) is 8.10. The highest BCUT2D eigenvalue weighted by molar-refractivity contribution is 5.85. The Morgan fingerprint density at radius 1 is 1.38 bits per heavy atom. The molecule has 0 saturated carbocycles. The first-order chi connectivity index (χ1) is 5.33. The second kappa shape index (κ2) is 8.23. The van der Waals surface area contributed by atoms with Gasteiger partial charge in [0.2, 0.25) is 0 Å². The fourth-order valence-corrected chi connectivity index (χ4v) is 0.857. The van der Waals surface area contributed by atoms with Gasteiger partial charge in [-0.05, 0) is 19.5 Å². The summed E-state index contributed by atoms with van der Waals surface area (Å²) in [4.78, 5) is 8.25. The minimum absolute atomic E-state index is 0. The molecule has 5 heteroatoms. The maximum Gasteiger partial charge on any atom is 0.125 e. The van der Waals surface area contributed by atoms with E-state index in [0.29, 0.717) is 0 Å². The molecule has 0 atom stereocenters. The average molecular weight is 224 g/mol. The van der Waals surface area contributed by atoms with Crippen LogP contribution in [-0.4, -0.2) is 16.5 Å². The summed E-state index contributed by atoms with van der Waals surface area (Å²) in [5.74, 6) is 0.834. The second-order valence-corrected chi connectivity index (χ2v) is 2.38. The molecule has 0 bridgehead atoms. The molecule has 1 N–H and O–H groups in total. The van der Waals surface area contributed by atoms with Crippen LogP contribution in [0.2, 0.25) is 0 Å². The first kappa shape index (κ1) is 15.1. The van der Waals surface area contributed by atoms with Gasteiger partial charge in [0.05, 0.1) is 5.69 Å². The Balaban J connectivity index is 0. The molecule has 0 aliphatic heterocycles. The molecular weight excluding hydrogens is 209 g/mol. The fourth-order valence-electron chi connectivity index (χ4n) is 0.857. The van der Waals surface area contributed by atoms with E-state index in [-0.39, 0.29) is 24.8 Å². The van der Waals surface area contributed by atoms with Gasteiger partial charge in [0.25, 0.3) is 0 Å². The monoisotopic (exact) mass is 223 g/mol. The van der Waals surface area contributed by atoms with Crippen molar-refractivity contribution in [3.05, 3.63) is 23.8 Å². The molecule has 0 radical (unpaired) electrons. The second-order valence-electron chi connectivity index (χ2n) is 2.38. The average Bonchev–Trinajstić information content (AvgIpc) is 2.01. The number of rotatable bonds is 3. The normalized spacial score (nSPS) is 8.46. The Kier molecular flexibility index (Phi) is 9.56. The third kappa shape index (κ3) is 5.80. The van der Waals surface area contributed by atoms with Crippen molar-refractivity contribution in [2.45, 2.75) is 20.4 Å². The Labute approximate surface area is 91.2 Å². The summed E-state index contributed by atoms with van der Waals surface area (Å²) in [5.41, 5.74) is 1.05. The van der Waals surface area contributed by atoms with Crippen LogP contribution in [-0.2, 0) is 6.54 Å². The van der Waals surface area contributed by atoms with Gasteiger partial charge in [-0.2, -0.15) is 0 Å². The topological polar surface area (TPSA) is 37.8 Å². The summed E-state index contributed by atoms with van der Waals surface area (Å²) in [6, 6.07) is 1.93. The van der Waals surface area contributed by atoms with Crippen LogP contribution in [0.1, 0.15) is 18.4 Å². The number of nitrogens with zero attached hydrogens (tertiary/aromatic N) is 2. The Morgan fingerprint density at radius 3 is 2.62 bits per heavy atom. The van der Waals surface area contributed by atoms with Gasteiger partial charge in [-0.1, -0.05) is 6.92 Å². The van der Waals surface area contributed by atoms with Crippen LogP contribution < -0.4 is 5.32 Å². The zero-order valence-electron chi connectivity index (χ0n) is 7.78. The molecular formula is C8H15Cl2N3. The largest absolute Gasteiger partial charge is 0.311 e. The lowest BCUT2D eigenvalue weighted by Gasteiger charge is -2.00. The van der Waals surface area contributed by atoms with Crippen LogP contribution in [0.5, 0.6) is 0 Å². The van der Waals surface area contributed by atoms with Gasteiger partial charge < -0.3 is 5.32 Å². The SMILES string of the molecule is CCNCc1ccnc(C)n1.Cl.Cl. The summed E-state index contributed by atoms with van der Waals surface area (Å²) in [6.45, 7) is 5.78. The van der Waals surface area contributed by atoms with Gasteiger partial charge >= 0.3 is 0 Å². The molecule has 0 amide bonds. The maximum absolute atomic E-state index is 4.24. The summed E-state index contributed by atoms with van der Waals surface area (Å²) < 4.78 is 0. The van der Waals surface area contributed by atoms with Gasteiger partial charge in [0.15, 0.2) is 0 Å². The number of halogens is 2. The van der Waals surface area contributed by atoms with E-state index in [2.05, 4.69) is 22.2 Å². The van der Waals surface area contributed by atoms with Gasteiger partial charge in [-0.25, -0.2) is 9.97 Å². The lowest BCUT2D eigenvalue weighted by Crippen LogP contribution is -2.13. The quantitative estimate of drug-likeness (QED) is 0.849. The highest BCUT2D eigenvalue weighted by Crippen LogP contribution is 1.92. The van der Waals surface area contributed by atoms with Crippen molar-refractivity contribution in [3.8, 4) is 0 Å². The van der Waals surface area contributed by atoms with Gasteiger partial charge in [-0.3, -0.25) is 0 Å². The molecule has 13 heavy (non-hydrogen) atoms. The number of aryl methyl sites for hydroxylation is 1. The predicted octanol–water partition coefficient (Wildman–Crippen LogP) is 1.74. The third-order valence-corrected chi connectivity index (χ3v) is 1.39. The molecule has 0 aliphatic carbocycles. The van der Waals surface area contributed by atoms with Gasteiger partial charge in [0, 0.05) is 12.7 Å². The standard InChI is InChI=1S/C8H13N3.2ClH/c1-3-9-6-8-4-5-10-7(2)11-8;;/h4-5,9H,3,6H2,1-2H3;2*1H. The Hall–Kier alpha value is -0.380. The Bertz CT molecular complexity index is 230. The maximum atomic E-state index is 4.24. The molecule has 0 fully saturated rings. The van der Waals surface area contributed by atoms with Crippen molar-refractivity contribution in [1.29, 1.82) is 0 Å². The van der Waals surface area contributed by atoms with Gasteiger partial charge in [0.1, 0.15) is 5.82 Å². The molecule has 76 valence electrons. The van der Waals surface area contributed by atoms with Crippen molar-refractivity contribution < 1.29 is 0 Å². The molecule has 0 spiro atoms. The van der Waals surface area contributed by atoms with Crippen LogP contribution in [0.4, 0.5) is 0 Å². The summed E-state index contributed by atoms with van der Waals surface area (Å²) in [6.07, 6.45) is 1.79. The molecule has 0 unspecified atom stereocenters. The molecule has 3 nitrogen and oxygen atoms in total. The minimum Gasteiger partial charge on any atom is -0.311 e. The van der Waals surface area contributed by atoms with Crippen LogP contribution in [0, 0.1) is 6.92 Å². The first-order valence-electron chi connectivity index (χ1n) is 3.82. The van der Waals surface area contributed by atoms with Crippen molar-refractivity contribution in [2.24, 2.45) is 0 Å². The van der Waals surface area contributed by atoms with Crippen LogP contribution in [0.25, 0.3) is 0 Å². The van der Waals surface area contributed by atoms with Crippen LogP contribution in [0.3, 0.4) is 0 Å². The summed E-state index contributed by atoms with van der Waals surface area (Å²) in [5, 5.41) is 3.20. The van der Waals surface area contributed by atoms with E-state index < -0.39 is 0 Å². The smallest absolute Gasteiger partial charge is 0.125 e. The Morgan fingerprint density at radius 2 is 2.08 bits per heavy atom. The zero-order valence-corrected chi connectivity index (χ0v) is 9.41. The molecule has 1 heterocycles. The fraction of sp³-hybridized carbons (Fsp3) is 0.500. The summed E-state index contributed by atoms with van der Waals surface area (Å²) in [7, 11) is 0. The number of hydrogen-bond donors (Lipinski definition) is 1. The lowest BCUT2D eigenvalue weighted by molar-refractivity contribution is 0.705. The van der Waals surface area contributed by atoms with E-state index in [9.17, 15) is 0 Å². The van der Waals surface area contributed by atoms with Crippen LogP contribution >= 0.6 is 24.8 Å². The van der Waals surface area contributed by atoms with Crippen molar-refractivity contribution in [1.82, 2.24) is 15.3 Å². The van der Waals surface area contributed by atoms with Crippen LogP contribution in [0.15, 0.2) is 12.3 Å². The van der Waals surface area contributed by atoms with Crippen molar-refractivity contribution in [3.63, 3.8) is 0 Å². The highest BCUT2D eigenvalue weighted by Gasteiger charge is 1.92. The third-order valence-electron chi connectivity index (χ3n) is 1.39. The molecule has 0 saturated heterocycles. The van der Waals surface area contributed by atoms with E-state index in [1.165, 1.54) is 0 Å². The van der Waals surface area contributed by atoms with E-state index in [0.717, 1.165) is 24.6 Å². The minimum atomic E-state index is 0.